The molecule has 162 valence electrons. The Labute approximate surface area is 186 Å². The van der Waals surface area contributed by atoms with E-state index in [2.05, 4.69) is 10.4 Å². The molecule has 1 amide bonds. The predicted octanol–water partition coefficient (Wildman–Crippen LogP) is 3.68. The number of hydrogen-bond donors (Lipinski definition) is 2. The molecule has 0 spiro atoms. The van der Waals surface area contributed by atoms with Gasteiger partial charge in [-0.25, -0.2) is 18.2 Å². The van der Waals surface area contributed by atoms with Crippen molar-refractivity contribution < 1.29 is 13.2 Å². The number of nitrogens with zero attached hydrogens (tertiary/aromatic N) is 2. The zero-order valence-corrected chi connectivity index (χ0v) is 18.2. The third kappa shape index (κ3) is 4.61. The molecule has 0 bridgehead atoms. The molecule has 0 fully saturated rings. The highest BCUT2D eigenvalue weighted by Gasteiger charge is 2.19. The van der Waals surface area contributed by atoms with Crippen LogP contribution in [0.5, 0.6) is 0 Å². The number of para-hydroxylation sites is 1. The van der Waals surface area contributed by atoms with E-state index in [4.69, 9.17) is 5.14 Å². The summed E-state index contributed by atoms with van der Waals surface area (Å²) in [6, 6.07) is 26.8. The number of aromatic nitrogens is 2. The van der Waals surface area contributed by atoms with Crippen LogP contribution in [-0.4, -0.2) is 24.1 Å². The van der Waals surface area contributed by atoms with Crippen molar-refractivity contribution >= 4 is 15.9 Å². The minimum atomic E-state index is -3.77. The highest BCUT2D eigenvalue weighted by molar-refractivity contribution is 7.89. The number of carbonyl (C=O) groups is 1. The first kappa shape index (κ1) is 21.5. The van der Waals surface area contributed by atoms with Gasteiger partial charge in [-0.15, -0.1) is 0 Å². The van der Waals surface area contributed by atoms with Gasteiger partial charge in [-0.3, -0.25) is 4.79 Å². The quantitative estimate of drug-likeness (QED) is 0.471. The van der Waals surface area contributed by atoms with E-state index in [1.165, 1.54) is 12.1 Å². The molecule has 7 nitrogen and oxygen atoms in total. The Kier molecular flexibility index (Phi) is 5.89. The number of hydrogen-bond acceptors (Lipinski definition) is 4. The monoisotopic (exact) mass is 446 g/mol. The number of nitrogens with two attached hydrogens (primary N) is 1. The zero-order valence-electron chi connectivity index (χ0n) is 17.3. The molecule has 1 atom stereocenters. The van der Waals surface area contributed by atoms with E-state index >= 15 is 0 Å². The predicted molar refractivity (Wildman–Crippen MR) is 123 cm³/mol. The Morgan fingerprint density at radius 2 is 1.53 bits per heavy atom. The number of carbonyl (C=O) groups excluding carboxylic acids is 1. The van der Waals surface area contributed by atoms with Crippen molar-refractivity contribution in [2.45, 2.75) is 17.9 Å². The average molecular weight is 447 g/mol. The van der Waals surface area contributed by atoms with Crippen molar-refractivity contribution in [1.29, 1.82) is 0 Å². The van der Waals surface area contributed by atoms with E-state index < -0.39 is 10.0 Å². The number of benzene rings is 3. The summed E-state index contributed by atoms with van der Waals surface area (Å²) in [5.41, 5.74) is 3.61. The van der Waals surface area contributed by atoms with Gasteiger partial charge in [0.2, 0.25) is 10.0 Å². The molecule has 0 aliphatic rings. The van der Waals surface area contributed by atoms with Gasteiger partial charge < -0.3 is 5.32 Å². The van der Waals surface area contributed by atoms with E-state index in [1.807, 2.05) is 67.6 Å². The standard InChI is InChI=1S/C24H22N4O3S/c1-17(18-12-14-21(15-13-18)32(25,30)31)26-24(29)22-16-23(19-8-4-2-5-9-19)28(27-22)20-10-6-3-7-11-20/h2-17H,1H3,(H,26,29)(H2,25,30,31). The second kappa shape index (κ2) is 8.78. The molecule has 0 aliphatic heterocycles. The van der Waals surface area contributed by atoms with Crippen LogP contribution in [0.4, 0.5) is 0 Å². The van der Waals surface area contributed by atoms with Gasteiger partial charge in [0.05, 0.1) is 22.3 Å². The van der Waals surface area contributed by atoms with Crippen LogP contribution < -0.4 is 10.5 Å². The zero-order chi connectivity index (χ0) is 22.7. The Hall–Kier alpha value is -3.75. The van der Waals surface area contributed by atoms with Gasteiger partial charge >= 0.3 is 0 Å². The number of rotatable bonds is 6. The molecular formula is C24H22N4O3S. The van der Waals surface area contributed by atoms with Crippen LogP contribution in [0.15, 0.2) is 95.9 Å². The molecule has 3 N–H and O–H groups in total. The third-order valence-electron chi connectivity index (χ3n) is 5.07. The summed E-state index contributed by atoms with van der Waals surface area (Å²) in [5, 5.41) is 12.6. The molecule has 0 aliphatic carbocycles. The summed E-state index contributed by atoms with van der Waals surface area (Å²) in [4.78, 5) is 13.0. The highest BCUT2D eigenvalue weighted by Crippen LogP contribution is 2.24. The molecule has 0 radical (unpaired) electrons. The topological polar surface area (TPSA) is 107 Å². The maximum Gasteiger partial charge on any atom is 0.272 e. The van der Waals surface area contributed by atoms with Gasteiger partial charge in [0, 0.05) is 5.56 Å². The molecule has 0 saturated carbocycles. The Bertz CT molecular complexity index is 1280. The maximum atomic E-state index is 13.0. The van der Waals surface area contributed by atoms with Crippen molar-refractivity contribution in [2.75, 3.05) is 0 Å². The van der Waals surface area contributed by atoms with E-state index in [9.17, 15) is 13.2 Å². The fraction of sp³-hybridized carbons (Fsp3) is 0.0833. The van der Waals surface area contributed by atoms with Gasteiger partial charge in [0.1, 0.15) is 0 Å². The molecular weight excluding hydrogens is 424 g/mol. The second-order valence-corrected chi connectivity index (χ2v) is 8.90. The van der Waals surface area contributed by atoms with E-state index in [-0.39, 0.29) is 22.5 Å². The lowest BCUT2D eigenvalue weighted by Crippen LogP contribution is -2.27. The Balaban J connectivity index is 1.62. The van der Waals surface area contributed by atoms with Gasteiger partial charge in [0.25, 0.3) is 5.91 Å². The Morgan fingerprint density at radius 1 is 0.938 bits per heavy atom. The van der Waals surface area contributed by atoms with Gasteiger partial charge in [0.15, 0.2) is 5.69 Å². The van der Waals surface area contributed by atoms with E-state index in [0.29, 0.717) is 0 Å². The van der Waals surface area contributed by atoms with Crippen molar-refractivity contribution in [3.8, 4) is 16.9 Å². The number of primary sulfonamides is 1. The van der Waals surface area contributed by atoms with Crippen LogP contribution in [0.25, 0.3) is 16.9 Å². The SMILES string of the molecule is CC(NC(=O)c1cc(-c2ccccc2)n(-c2ccccc2)n1)c1ccc(S(N)(=O)=O)cc1. The highest BCUT2D eigenvalue weighted by atomic mass is 32.2. The lowest BCUT2D eigenvalue weighted by Gasteiger charge is -2.13. The van der Waals surface area contributed by atoms with E-state index in [0.717, 1.165) is 22.5 Å². The molecule has 1 heterocycles. The van der Waals surface area contributed by atoms with Crippen LogP contribution in [0.2, 0.25) is 0 Å². The van der Waals surface area contributed by atoms with Crippen LogP contribution >= 0.6 is 0 Å². The fourth-order valence-corrected chi connectivity index (χ4v) is 3.89. The first-order valence-corrected chi connectivity index (χ1v) is 11.5. The molecule has 1 unspecified atom stereocenters. The van der Waals surface area contributed by atoms with Crippen molar-refractivity contribution in [3.63, 3.8) is 0 Å². The minimum absolute atomic E-state index is 0.0221. The van der Waals surface area contributed by atoms with Gasteiger partial charge in [-0.05, 0) is 42.8 Å². The van der Waals surface area contributed by atoms with Crippen LogP contribution in [0.1, 0.15) is 29.0 Å². The lowest BCUT2D eigenvalue weighted by molar-refractivity contribution is 0.0934. The van der Waals surface area contributed by atoms with Gasteiger partial charge in [-0.1, -0.05) is 60.7 Å². The Morgan fingerprint density at radius 3 is 2.12 bits per heavy atom. The number of amides is 1. The molecule has 1 aromatic heterocycles. The number of sulfonamides is 1. The van der Waals surface area contributed by atoms with Crippen LogP contribution in [0.3, 0.4) is 0 Å². The second-order valence-electron chi connectivity index (χ2n) is 7.34. The van der Waals surface area contributed by atoms with Crippen molar-refractivity contribution in [3.05, 3.63) is 102 Å². The summed E-state index contributed by atoms with van der Waals surface area (Å²) >= 11 is 0. The van der Waals surface area contributed by atoms with Gasteiger partial charge in [-0.2, -0.15) is 5.10 Å². The largest absolute Gasteiger partial charge is 0.344 e. The molecule has 8 heteroatoms. The summed E-state index contributed by atoms with van der Waals surface area (Å²) in [7, 11) is -3.77. The summed E-state index contributed by atoms with van der Waals surface area (Å²) in [5.74, 6) is -0.333. The van der Waals surface area contributed by atoms with Crippen molar-refractivity contribution in [2.24, 2.45) is 5.14 Å². The van der Waals surface area contributed by atoms with Crippen molar-refractivity contribution in [1.82, 2.24) is 15.1 Å². The average Bonchev–Trinajstić information content (AvgIpc) is 3.25. The molecule has 0 saturated heterocycles. The first-order valence-electron chi connectivity index (χ1n) is 9.97. The van der Waals surface area contributed by atoms with E-state index in [1.54, 1.807) is 22.9 Å². The maximum absolute atomic E-state index is 13.0. The van der Waals surface area contributed by atoms with Crippen LogP contribution in [-0.2, 0) is 10.0 Å². The molecule has 3 aromatic carbocycles. The third-order valence-corrected chi connectivity index (χ3v) is 6.00. The number of nitrogens with one attached hydrogen (secondary N) is 1. The fourth-order valence-electron chi connectivity index (χ4n) is 3.37. The summed E-state index contributed by atoms with van der Waals surface area (Å²) in [6.07, 6.45) is 0. The lowest BCUT2D eigenvalue weighted by atomic mass is 10.1. The molecule has 4 aromatic rings. The molecule has 32 heavy (non-hydrogen) atoms. The minimum Gasteiger partial charge on any atom is -0.344 e. The molecule has 4 rings (SSSR count). The first-order chi connectivity index (χ1) is 15.3. The van der Waals surface area contributed by atoms with Crippen LogP contribution in [0, 0.1) is 0 Å². The smallest absolute Gasteiger partial charge is 0.272 e. The summed E-state index contributed by atoms with van der Waals surface area (Å²) in [6.45, 7) is 1.82. The normalized spacial score (nSPS) is 12.3. The summed E-state index contributed by atoms with van der Waals surface area (Å²) < 4.78 is 24.6.